The van der Waals surface area contributed by atoms with E-state index in [1.165, 1.54) is 6.07 Å². The third kappa shape index (κ3) is 2.98. The number of hydrogen-bond donors (Lipinski definition) is 1. The van der Waals surface area contributed by atoms with E-state index in [4.69, 9.17) is 11.6 Å². The molecule has 0 radical (unpaired) electrons. The van der Waals surface area contributed by atoms with Gasteiger partial charge in [-0.2, -0.15) is 4.98 Å². The zero-order valence-corrected chi connectivity index (χ0v) is 14.1. The topological polar surface area (TPSA) is 89.2 Å². The second-order valence-corrected chi connectivity index (χ2v) is 8.37. The van der Waals surface area contributed by atoms with Crippen LogP contribution in [0.15, 0.2) is 22.4 Å². The van der Waals surface area contributed by atoms with Crippen molar-refractivity contribution in [3.05, 3.63) is 39.7 Å². The molecular weight excluding hydrogens is 346 g/mol. The SMILES string of the molecule is Cc1cc(C)n2nc(CNS(=O)(=O)c3ccc(Cl)s3)nc2n1. The minimum absolute atomic E-state index is 0.0142. The van der Waals surface area contributed by atoms with Gasteiger partial charge in [-0.3, -0.25) is 0 Å². The van der Waals surface area contributed by atoms with Gasteiger partial charge in [0.25, 0.3) is 15.8 Å². The normalized spacial score (nSPS) is 12.1. The Kier molecular flexibility index (Phi) is 3.89. The summed E-state index contributed by atoms with van der Waals surface area (Å²) >= 11 is 6.76. The number of aryl methyl sites for hydroxylation is 2. The van der Waals surface area contributed by atoms with E-state index < -0.39 is 10.0 Å². The zero-order chi connectivity index (χ0) is 15.9. The molecule has 10 heteroatoms. The van der Waals surface area contributed by atoms with E-state index >= 15 is 0 Å². The molecule has 3 rings (SSSR count). The first-order chi connectivity index (χ1) is 10.3. The van der Waals surface area contributed by atoms with Crippen molar-refractivity contribution in [2.75, 3.05) is 0 Å². The van der Waals surface area contributed by atoms with Crippen LogP contribution >= 0.6 is 22.9 Å². The Bertz CT molecular complexity index is 948. The van der Waals surface area contributed by atoms with Crippen LogP contribution in [0.25, 0.3) is 5.78 Å². The summed E-state index contributed by atoms with van der Waals surface area (Å²) < 4.78 is 28.9. The molecule has 3 heterocycles. The van der Waals surface area contributed by atoms with Gasteiger partial charge in [-0.15, -0.1) is 16.4 Å². The quantitative estimate of drug-likeness (QED) is 0.770. The van der Waals surface area contributed by atoms with Crippen molar-refractivity contribution in [3.8, 4) is 0 Å². The standard InChI is InChI=1S/C12H12ClN5O2S2/c1-7-5-8(2)18-12(15-7)16-10(17-18)6-14-22(19,20)11-4-3-9(13)21-11/h3-5,14H,6H2,1-2H3. The fourth-order valence-electron chi connectivity index (χ4n) is 1.96. The molecule has 0 aromatic carbocycles. The Morgan fingerprint density at radius 2 is 2.09 bits per heavy atom. The molecule has 0 aliphatic carbocycles. The maximum Gasteiger partial charge on any atom is 0.252 e. The van der Waals surface area contributed by atoms with Gasteiger partial charge in [0.1, 0.15) is 4.21 Å². The lowest BCUT2D eigenvalue weighted by Crippen LogP contribution is -2.23. The molecule has 7 nitrogen and oxygen atoms in total. The molecule has 0 aliphatic heterocycles. The first kappa shape index (κ1) is 15.3. The van der Waals surface area contributed by atoms with E-state index in [9.17, 15) is 8.42 Å². The van der Waals surface area contributed by atoms with Gasteiger partial charge >= 0.3 is 0 Å². The molecule has 0 atom stereocenters. The second kappa shape index (κ2) is 5.58. The second-order valence-electron chi connectivity index (χ2n) is 4.66. The summed E-state index contributed by atoms with van der Waals surface area (Å²) in [5.74, 6) is 0.804. The van der Waals surface area contributed by atoms with Crippen LogP contribution in [0.4, 0.5) is 0 Å². The van der Waals surface area contributed by atoms with E-state index in [2.05, 4.69) is 19.8 Å². The van der Waals surface area contributed by atoms with Crippen LogP contribution in [-0.4, -0.2) is 28.0 Å². The Morgan fingerprint density at radius 1 is 1.32 bits per heavy atom. The van der Waals surface area contributed by atoms with Gasteiger partial charge in [0.15, 0.2) is 5.82 Å². The summed E-state index contributed by atoms with van der Waals surface area (Å²) in [4.78, 5) is 8.49. The van der Waals surface area contributed by atoms with E-state index in [1.807, 2.05) is 19.9 Å². The van der Waals surface area contributed by atoms with Crippen molar-refractivity contribution in [2.24, 2.45) is 0 Å². The predicted molar refractivity (Wildman–Crippen MR) is 83.6 cm³/mol. The van der Waals surface area contributed by atoms with Crippen LogP contribution in [0.3, 0.4) is 0 Å². The molecule has 0 aliphatic rings. The van der Waals surface area contributed by atoms with Crippen molar-refractivity contribution in [1.82, 2.24) is 24.3 Å². The number of rotatable bonds is 4. The summed E-state index contributed by atoms with van der Waals surface area (Å²) in [6.45, 7) is 3.74. The molecule has 1 N–H and O–H groups in total. The van der Waals surface area contributed by atoms with Crippen molar-refractivity contribution in [2.45, 2.75) is 24.6 Å². The van der Waals surface area contributed by atoms with Gasteiger partial charge in [-0.05, 0) is 32.0 Å². The highest BCUT2D eigenvalue weighted by Crippen LogP contribution is 2.25. The largest absolute Gasteiger partial charge is 0.252 e. The lowest BCUT2D eigenvalue weighted by atomic mass is 10.4. The van der Waals surface area contributed by atoms with Gasteiger partial charge in [0.2, 0.25) is 0 Å². The molecule has 3 aromatic rings. The van der Waals surface area contributed by atoms with E-state index in [-0.39, 0.29) is 10.8 Å². The summed E-state index contributed by atoms with van der Waals surface area (Å²) in [7, 11) is -3.62. The van der Waals surface area contributed by atoms with Gasteiger partial charge in [-0.25, -0.2) is 22.6 Å². The fraction of sp³-hybridized carbons (Fsp3) is 0.250. The van der Waals surface area contributed by atoms with Gasteiger partial charge in [0, 0.05) is 11.4 Å². The summed E-state index contributed by atoms with van der Waals surface area (Å²) in [6.07, 6.45) is 0. The van der Waals surface area contributed by atoms with Gasteiger partial charge in [-0.1, -0.05) is 11.6 Å². The number of aromatic nitrogens is 4. The molecule has 0 unspecified atom stereocenters. The monoisotopic (exact) mass is 357 g/mol. The molecule has 0 fully saturated rings. The number of sulfonamides is 1. The highest BCUT2D eigenvalue weighted by atomic mass is 35.5. The van der Waals surface area contributed by atoms with Gasteiger partial charge in [0.05, 0.1) is 10.9 Å². The molecular formula is C12H12ClN5O2S2. The first-order valence-electron chi connectivity index (χ1n) is 6.30. The van der Waals surface area contributed by atoms with Crippen LogP contribution in [0.1, 0.15) is 17.2 Å². The fourth-order valence-corrected chi connectivity index (χ4v) is 4.46. The Balaban J connectivity index is 1.83. The molecule has 0 spiro atoms. The van der Waals surface area contributed by atoms with Crippen molar-refractivity contribution >= 4 is 38.7 Å². The average Bonchev–Trinajstić information content (AvgIpc) is 3.03. The summed E-state index contributed by atoms with van der Waals surface area (Å²) in [5, 5.41) is 4.25. The number of nitrogens with zero attached hydrogens (tertiary/aromatic N) is 4. The van der Waals surface area contributed by atoms with Crippen LogP contribution in [0, 0.1) is 13.8 Å². The number of thiophene rings is 1. The summed E-state index contributed by atoms with van der Waals surface area (Å²) in [6, 6.07) is 4.88. The number of halogens is 1. The predicted octanol–water partition coefficient (Wildman–Crippen LogP) is 1.93. The van der Waals surface area contributed by atoms with Crippen molar-refractivity contribution in [3.63, 3.8) is 0 Å². The van der Waals surface area contributed by atoms with Crippen molar-refractivity contribution < 1.29 is 8.42 Å². The molecule has 0 amide bonds. The minimum atomic E-state index is -3.62. The zero-order valence-electron chi connectivity index (χ0n) is 11.7. The van der Waals surface area contributed by atoms with Crippen LogP contribution in [0.5, 0.6) is 0 Å². The highest BCUT2D eigenvalue weighted by molar-refractivity contribution is 7.91. The van der Waals surface area contributed by atoms with E-state index in [0.29, 0.717) is 15.9 Å². The molecule has 3 aromatic heterocycles. The number of fused-ring (bicyclic) bond motifs is 1. The highest BCUT2D eigenvalue weighted by Gasteiger charge is 2.17. The molecule has 0 bridgehead atoms. The van der Waals surface area contributed by atoms with Crippen LogP contribution in [-0.2, 0) is 16.6 Å². The molecule has 0 saturated carbocycles. The van der Waals surface area contributed by atoms with E-state index in [0.717, 1.165) is 22.7 Å². The van der Waals surface area contributed by atoms with E-state index in [1.54, 1.807) is 10.6 Å². The molecule has 116 valence electrons. The smallest absolute Gasteiger partial charge is 0.216 e. The lowest BCUT2D eigenvalue weighted by Gasteiger charge is -2.01. The minimum Gasteiger partial charge on any atom is -0.216 e. The average molecular weight is 358 g/mol. The number of nitrogens with one attached hydrogen (secondary N) is 1. The Morgan fingerprint density at radius 3 is 2.77 bits per heavy atom. The molecule has 22 heavy (non-hydrogen) atoms. The molecule has 0 saturated heterocycles. The third-order valence-corrected chi connectivity index (χ3v) is 6.02. The first-order valence-corrected chi connectivity index (χ1v) is 8.98. The Hall–Kier alpha value is -1.55. The van der Waals surface area contributed by atoms with Crippen LogP contribution < -0.4 is 4.72 Å². The van der Waals surface area contributed by atoms with Crippen molar-refractivity contribution in [1.29, 1.82) is 0 Å². The maximum atomic E-state index is 12.1. The number of hydrogen-bond acceptors (Lipinski definition) is 6. The van der Waals surface area contributed by atoms with Crippen LogP contribution in [0.2, 0.25) is 4.34 Å². The Labute approximate surface area is 136 Å². The van der Waals surface area contributed by atoms with Gasteiger partial charge < -0.3 is 0 Å². The summed E-state index contributed by atoms with van der Waals surface area (Å²) in [5.41, 5.74) is 1.71. The third-order valence-electron chi connectivity index (χ3n) is 2.90. The lowest BCUT2D eigenvalue weighted by molar-refractivity contribution is 0.581. The maximum absolute atomic E-state index is 12.1.